The summed E-state index contributed by atoms with van der Waals surface area (Å²) in [6.07, 6.45) is 5.70. The average molecular weight is 350 g/mol. The van der Waals surface area contributed by atoms with Crippen LogP contribution < -0.4 is 9.80 Å². The molecule has 132 valence electrons. The van der Waals surface area contributed by atoms with E-state index in [2.05, 4.69) is 9.88 Å². The molecule has 0 spiro atoms. The number of halogens is 1. The highest BCUT2D eigenvalue weighted by atomic mass is 19.1. The molecule has 0 saturated carbocycles. The van der Waals surface area contributed by atoms with E-state index in [0.717, 1.165) is 17.1 Å². The summed E-state index contributed by atoms with van der Waals surface area (Å²) in [6.45, 7) is 1.87. The summed E-state index contributed by atoms with van der Waals surface area (Å²) in [5, 5.41) is 0. The smallest absolute Gasteiger partial charge is 0.228 e. The molecule has 0 unspecified atom stereocenters. The fraction of sp³-hybridized carbons (Fsp3) is 0.200. The molecule has 0 radical (unpaired) electrons. The van der Waals surface area contributed by atoms with Gasteiger partial charge in [-0.1, -0.05) is 12.1 Å². The molecule has 1 amide bonds. The minimum atomic E-state index is -0.254. The molecule has 0 saturated heterocycles. The van der Waals surface area contributed by atoms with Crippen molar-refractivity contribution in [1.82, 2.24) is 9.55 Å². The summed E-state index contributed by atoms with van der Waals surface area (Å²) in [4.78, 5) is 20.7. The molecule has 4 rings (SSSR count). The van der Waals surface area contributed by atoms with Gasteiger partial charge in [0.05, 0.1) is 17.7 Å². The third kappa shape index (κ3) is 3.18. The van der Waals surface area contributed by atoms with Crippen LogP contribution >= 0.6 is 0 Å². The average Bonchev–Trinajstić information content (AvgIpc) is 3.20. The van der Waals surface area contributed by atoms with Crippen molar-refractivity contribution in [3.05, 3.63) is 73.1 Å². The summed E-state index contributed by atoms with van der Waals surface area (Å²) in [6, 6.07) is 14.3. The van der Waals surface area contributed by atoms with E-state index >= 15 is 0 Å². The molecule has 2 aromatic carbocycles. The molecule has 0 atom stereocenters. The summed E-state index contributed by atoms with van der Waals surface area (Å²) >= 11 is 0. The van der Waals surface area contributed by atoms with Gasteiger partial charge in [0.1, 0.15) is 5.82 Å². The van der Waals surface area contributed by atoms with Gasteiger partial charge >= 0.3 is 0 Å². The second-order valence-corrected chi connectivity index (χ2v) is 6.21. The zero-order valence-electron chi connectivity index (χ0n) is 14.3. The SMILES string of the molecule is O=C(CCn1ccnc1)N1CCN(c2ccc(F)cc2)c2ccccc21. The third-order valence-corrected chi connectivity index (χ3v) is 4.59. The largest absolute Gasteiger partial charge is 0.338 e. The van der Waals surface area contributed by atoms with Crippen LogP contribution in [0.3, 0.4) is 0 Å². The molecular formula is C20H19FN4O. The Kier molecular flexibility index (Phi) is 4.39. The Morgan fingerprint density at radius 1 is 1.04 bits per heavy atom. The highest BCUT2D eigenvalue weighted by molar-refractivity contribution is 5.98. The molecule has 0 aliphatic carbocycles. The molecule has 0 fully saturated rings. The normalized spacial score (nSPS) is 13.6. The first-order valence-corrected chi connectivity index (χ1v) is 8.60. The van der Waals surface area contributed by atoms with Gasteiger partial charge in [0.25, 0.3) is 0 Å². The molecule has 1 aliphatic heterocycles. The lowest BCUT2D eigenvalue weighted by molar-refractivity contribution is -0.118. The predicted octanol–water partition coefficient (Wildman–Crippen LogP) is 3.60. The van der Waals surface area contributed by atoms with E-state index in [1.807, 2.05) is 39.9 Å². The Labute approximate surface area is 151 Å². The molecule has 6 heteroatoms. The fourth-order valence-electron chi connectivity index (χ4n) is 3.29. The number of hydrogen-bond acceptors (Lipinski definition) is 3. The summed E-state index contributed by atoms with van der Waals surface area (Å²) in [5.74, 6) is -0.166. The predicted molar refractivity (Wildman–Crippen MR) is 99.0 cm³/mol. The van der Waals surface area contributed by atoms with Crippen molar-refractivity contribution >= 4 is 23.0 Å². The molecule has 5 nitrogen and oxygen atoms in total. The van der Waals surface area contributed by atoms with Gasteiger partial charge in [0.2, 0.25) is 5.91 Å². The number of carbonyl (C=O) groups excluding carboxylic acids is 1. The van der Waals surface area contributed by atoms with Crippen LogP contribution in [0.2, 0.25) is 0 Å². The van der Waals surface area contributed by atoms with E-state index in [9.17, 15) is 9.18 Å². The topological polar surface area (TPSA) is 41.4 Å². The van der Waals surface area contributed by atoms with Gasteiger partial charge in [-0.15, -0.1) is 0 Å². The van der Waals surface area contributed by atoms with E-state index in [1.54, 1.807) is 24.7 Å². The zero-order valence-corrected chi connectivity index (χ0v) is 14.3. The van der Waals surface area contributed by atoms with Gasteiger partial charge in [-0.2, -0.15) is 0 Å². The summed E-state index contributed by atoms with van der Waals surface area (Å²) in [5.41, 5.74) is 2.77. The number of fused-ring (bicyclic) bond motifs is 1. The highest BCUT2D eigenvalue weighted by Crippen LogP contribution is 2.37. The van der Waals surface area contributed by atoms with Gasteiger partial charge in [-0.3, -0.25) is 4.79 Å². The van der Waals surface area contributed by atoms with Crippen molar-refractivity contribution in [2.75, 3.05) is 22.9 Å². The number of carbonyl (C=O) groups is 1. The van der Waals surface area contributed by atoms with Crippen LogP contribution in [-0.2, 0) is 11.3 Å². The molecule has 26 heavy (non-hydrogen) atoms. The number of benzene rings is 2. The number of aromatic nitrogens is 2. The van der Waals surface area contributed by atoms with E-state index in [-0.39, 0.29) is 11.7 Å². The molecular weight excluding hydrogens is 331 g/mol. The van der Waals surface area contributed by atoms with Gasteiger partial charge < -0.3 is 14.4 Å². The van der Waals surface area contributed by atoms with Crippen LogP contribution in [0.5, 0.6) is 0 Å². The Bertz CT molecular complexity index is 892. The molecule has 2 heterocycles. The highest BCUT2D eigenvalue weighted by Gasteiger charge is 2.27. The number of imidazole rings is 1. The maximum absolute atomic E-state index is 13.2. The zero-order chi connectivity index (χ0) is 17.9. The first-order chi connectivity index (χ1) is 12.7. The molecule has 1 aromatic heterocycles. The minimum absolute atomic E-state index is 0.0879. The standard InChI is InChI=1S/C20H19FN4O/c21-16-5-7-17(8-6-16)24-13-14-25(19-4-2-1-3-18(19)24)20(26)9-11-23-12-10-22-15-23/h1-8,10,12,15H,9,11,13-14H2. The van der Waals surface area contributed by atoms with Gasteiger partial charge in [-0.05, 0) is 36.4 Å². The maximum Gasteiger partial charge on any atom is 0.228 e. The maximum atomic E-state index is 13.2. The van der Waals surface area contributed by atoms with E-state index < -0.39 is 0 Å². The lowest BCUT2D eigenvalue weighted by Crippen LogP contribution is -2.42. The van der Waals surface area contributed by atoms with Crippen LogP contribution in [0.1, 0.15) is 6.42 Å². The fourth-order valence-corrected chi connectivity index (χ4v) is 3.29. The van der Waals surface area contributed by atoms with Crippen LogP contribution in [0, 0.1) is 5.82 Å². The van der Waals surface area contributed by atoms with Crippen LogP contribution in [0.15, 0.2) is 67.3 Å². The first-order valence-electron chi connectivity index (χ1n) is 8.60. The van der Waals surface area contributed by atoms with Gasteiger partial charge in [0, 0.05) is 44.1 Å². The lowest BCUT2D eigenvalue weighted by atomic mass is 10.1. The van der Waals surface area contributed by atoms with E-state index in [0.29, 0.717) is 26.1 Å². The third-order valence-electron chi connectivity index (χ3n) is 4.59. The number of amides is 1. The first kappa shape index (κ1) is 16.3. The molecule has 3 aromatic rings. The van der Waals surface area contributed by atoms with Crippen LogP contribution in [-0.4, -0.2) is 28.5 Å². The van der Waals surface area contributed by atoms with Crippen molar-refractivity contribution in [2.24, 2.45) is 0 Å². The summed E-state index contributed by atoms with van der Waals surface area (Å²) in [7, 11) is 0. The van der Waals surface area contributed by atoms with Crippen molar-refractivity contribution in [1.29, 1.82) is 0 Å². The number of para-hydroxylation sites is 2. The van der Waals surface area contributed by atoms with E-state index in [1.165, 1.54) is 12.1 Å². The number of aryl methyl sites for hydroxylation is 1. The van der Waals surface area contributed by atoms with Crippen LogP contribution in [0.4, 0.5) is 21.5 Å². The Morgan fingerprint density at radius 2 is 1.81 bits per heavy atom. The van der Waals surface area contributed by atoms with E-state index in [4.69, 9.17) is 0 Å². The number of anilines is 3. The van der Waals surface area contributed by atoms with Crippen molar-refractivity contribution in [2.45, 2.75) is 13.0 Å². The number of nitrogens with zero attached hydrogens (tertiary/aromatic N) is 4. The lowest BCUT2D eigenvalue weighted by Gasteiger charge is -2.37. The quantitative estimate of drug-likeness (QED) is 0.722. The second kappa shape index (κ2) is 7.00. The monoisotopic (exact) mass is 350 g/mol. The Hall–Kier alpha value is -3.15. The van der Waals surface area contributed by atoms with Crippen molar-refractivity contribution in [3.8, 4) is 0 Å². The molecule has 0 N–H and O–H groups in total. The molecule has 1 aliphatic rings. The van der Waals surface area contributed by atoms with Gasteiger partial charge in [-0.25, -0.2) is 9.37 Å². The summed E-state index contributed by atoms with van der Waals surface area (Å²) < 4.78 is 15.1. The van der Waals surface area contributed by atoms with Crippen LogP contribution in [0.25, 0.3) is 0 Å². The minimum Gasteiger partial charge on any atom is -0.338 e. The number of hydrogen-bond donors (Lipinski definition) is 0. The van der Waals surface area contributed by atoms with Crippen molar-refractivity contribution in [3.63, 3.8) is 0 Å². The van der Waals surface area contributed by atoms with Gasteiger partial charge in [0.15, 0.2) is 0 Å². The number of rotatable bonds is 4. The Balaban J connectivity index is 1.57. The molecule has 0 bridgehead atoms. The van der Waals surface area contributed by atoms with Crippen molar-refractivity contribution < 1.29 is 9.18 Å². The Morgan fingerprint density at radius 3 is 2.54 bits per heavy atom. The second-order valence-electron chi connectivity index (χ2n) is 6.21.